The highest BCUT2D eigenvalue weighted by atomic mass is 32.2. The molecule has 2 aromatic heterocycles. The van der Waals surface area contributed by atoms with Gasteiger partial charge >= 0.3 is 12.1 Å². The second-order valence-corrected chi connectivity index (χ2v) is 16.4. The Balaban J connectivity index is 1.31. The number of carbonyl (C=O) groups excluding carboxylic acids is 3. The van der Waals surface area contributed by atoms with Gasteiger partial charge in [-0.1, -0.05) is 19.9 Å². The molecule has 290 valence electrons. The van der Waals surface area contributed by atoms with Gasteiger partial charge in [0.2, 0.25) is 5.79 Å². The first-order chi connectivity index (χ1) is 25.9. The number of aliphatic hydroxyl groups is 1. The van der Waals surface area contributed by atoms with E-state index in [0.717, 1.165) is 45.5 Å². The molecule has 0 saturated carbocycles. The minimum atomic E-state index is -1.77. The molecule has 15 heteroatoms. The number of amides is 2. The topological polar surface area (TPSA) is 166 Å². The molecule has 3 aromatic rings. The van der Waals surface area contributed by atoms with E-state index in [-0.39, 0.29) is 44.8 Å². The number of alkyl carbamates (subject to hydrolysis) is 1. The van der Waals surface area contributed by atoms with Crippen LogP contribution in [0.25, 0.3) is 22.2 Å². The molecule has 2 fully saturated rings. The van der Waals surface area contributed by atoms with E-state index in [1.54, 1.807) is 25.1 Å². The van der Waals surface area contributed by atoms with E-state index >= 15 is 0 Å². The third kappa shape index (κ3) is 7.87. The number of rotatable bonds is 6. The van der Waals surface area contributed by atoms with Crippen molar-refractivity contribution in [2.45, 2.75) is 96.4 Å². The summed E-state index contributed by atoms with van der Waals surface area (Å²) < 4.78 is 24.7. The largest absolute Gasteiger partial charge is 0.464 e. The molecule has 54 heavy (non-hydrogen) atoms. The molecule has 1 aromatic carbocycles. The number of aliphatic imine (C=N–C) groups is 1. The van der Waals surface area contributed by atoms with Crippen molar-refractivity contribution in [1.82, 2.24) is 25.3 Å². The zero-order chi connectivity index (χ0) is 38.2. The van der Waals surface area contributed by atoms with Crippen molar-refractivity contribution < 1.29 is 38.4 Å². The number of methoxy groups -OCH3 is 1. The van der Waals surface area contributed by atoms with E-state index in [9.17, 15) is 19.5 Å². The van der Waals surface area contributed by atoms with Crippen LogP contribution in [0, 0.1) is 5.41 Å². The molecular formula is C39H50N6O8S. The number of aryl methyl sites for hydroxylation is 1. The van der Waals surface area contributed by atoms with Gasteiger partial charge in [-0.05, 0) is 68.5 Å². The maximum absolute atomic E-state index is 14.1. The highest BCUT2D eigenvalue weighted by molar-refractivity contribution is 8.14. The van der Waals surface area contributed by atoms with Crippen LogP contribution in [0.1, 0.15) is 82.3 Å². The van der Waals surface area contributed by atoms with Gasteiger partial charge in [0, 0.05) is 66.9 Å². The molecule has 4 aliphatic heterocycles. The van der Waals surface area contributed by atoms with Gasteiger partial charge in [0.1, 0.15) is 18.7 Å². The number of cyclic esters (lactones) is 1. The van der Waals surface area contributed by atoms with E-state index in [1.807, 2.05) is 13.0 Å². The van der Waals surface area contributed by atoms with E-state index in [0.29, 0.717) is 36.6 Å². The smallest absolute Gasteiger partial charge is 0.410 e. The summed E-state index contributed by atoms with van der Waals surface area (Å²) in [6, 6.07) is 8.54. The van der Waals surface area contributed by atoms with E-state index in [2.05, 4.69) is 60.3 Å². The summed E-state index contributed by atoms with van der Waals surface area (Å²) in [7, 11) is 1.69. The molecular weight excluding hydrogens is 713 g/mol. The average Bonchev–Trinajstić information content (AvgIpc) is 3.89. The van der Waals surface area contributed by atoms with Gasteiger partial charge in [0.15, 0.2) is 0 Å². The lowest BCUT2D eigenvalue weighted by Crippen LogP contribution is -2.60. The standard InChI is InChI=1S/C39H50N6O8S/c1-6-44-31-12-11-24-17-26(31)27(34(44)25-9-7-14-40-33(25)23(2)50-5)19-38(3,4)21-52-36(47)28-10-8-15-45(43-28)35(46)29(18-32-41-30(24)20-54-32)42-37(48)53-39(49)13-16-51-22-39/h7,9,11-12,14,17,23,28-30,43,49H,6,8,10,13,15-16,18-22H2,1-5H3,(H,42,48)/t23-,28-,29-,30?,39?/m0/s1. The monoisotopic (exact) mass is 762 g/mol. The number of hydrogen-bond acceptors (Lipinski definition) is 12. The van der Waals surface area contributed by atoms with Crippen LogP contribution in [0.3, 0.4) is 0 Å². The van der Waals surface area contributed by atoms with E-state index in [4.69, 9.17) is 28.9 Å². The Bertz CT molecular complexity index is 1940. The van der Waals surface area contributed by atoms with Gasteiger partial charge in [-0.2, -0.15) is 0 Å². The Morgan fingerprint density at radius 1 is 1.24 bits per heavy atom. The lowest BCUT2D eigenvalue weighted by Gasteiger charge is -2.35. The average molecular weight is 763 g/mol. The predicted octanol–water partition coefficient (Wildman–Crippen LogP) is 4.83. The minimum absolute atomic E-state index is 0.108. The van der Waals surface area contributed by atoms with Crippen molar-refractivity contribution in [3.05, 3.63) is 53.3 Å². The van der Waals surface area contributed by atoms with Crippen LogP contribution in [-0.4, -0.2) is 99.8 Å². The van der Waals surface area contributed by atoms with Crippen LogP contribution in [-0.2, 0) is 41.5 Å². The van der Waals surface area contributed by atoms with Crippen molar-refractivity contribution in [2.75, 3.05) is 39.2 Å². The fraction of sp³-hybridized carbons (Fsp3) is 0.564. The summed E-state index contributed by atoms with van der Waals surface area (Å²) in [6.07, 6.45) is 2.51. The maximum atomic E-state index is 14.1. The van der Waals surface area contributed by atoms with Gasteiger partial charge in [0.25, 0.3) is 5.91 Å². The first-order valence-corrected chi connectivity index (χ1v) is 19.7. The number of pyridine rings is 1. The van der Waals surface area contributed by atoms with Crippen LogP contribution >= 0.6 is 11.8 Å². The number of ether oxygens (including phenoxy) is 4. The van der Waals surface area contributed by atoms with Crippen molar-refractivity contribution in [1.29, 1.82) is 0 Å². The Kier molecular flexibility index (Phi) is 11.1. The molecule has 7 rings (SSSR count). The Morgan fingerprint density at radius 3 is 2.83 bits per heavy atom. The third-order valence-electron chi connectivity index (χ3n) is 10.6. The predicted molar refractivity (Wildman–Crippen MR) is 204 cm³/mol. The van der Waals surface area contributed by atoms with Crippen molar-refractivity contribution in [3.63, 3.8) is 0 Å². The van der Waals surface area contributed by atoms with E-state index < -0.39 is 41.3 Å². The van der Waals surface area contributed by atoms with E-state index in [1.165, 1.54) is 5.01 Å². The Hall–Kier alpha value is -4.02. The molecule has 0 spiro atoms. The van der Waals surface area contributed by atoms with Crippen molar-refractivity contribution in [2.24, 2.45) is 10.4 Å². The van der Waals surface area contributed by atoms with Gasteiger partial charge in [-0.25, -0.2) is 10.2 Å². The number of benzene rings is 1. The summed E-state index contributed by atoms with van der Waals surface area (Å²) in [6.45, 7) is 9.64. The van der Waals surface area contributed by atoms with Crippen LogP contribution in [0.15, 0.2) is 41.5 Å². The normalized spacial score (nSPS) is 26.6. The van der Waals surface area contributed by atoms with Gasteiger partial charge in [-0.3, -0.25) is 24.6 Å². The number of esters is 1. The summed E-state index contributed by atoms with van der Waals surface area (Å²) in [5.74, 6) is -2.00. The molecule has 0 radical (unpaired) electrons. The summed E-state index contributed by atoms with van der Waals surface area (Å²) in [4.78, 5) is 50.7. The van der Waals surface area contributed by atoms with Crippen LogP contribution in [0.2, 0.25) is 0 Å². The second kappa shape index (κ2) is 15.6. The van der Waals surface area contributed by atoms with Crippen molar-refractivity contribution in [3.8, 4) is 11.3 Å². The number of hydrogen-bond donors (Lipinski definition) is 3. The summed E-state index contributed by atoms with van der Waals surface area (Å²) >= 11 is 1.55. The minimum Gasteiger partial charge on any atom is -0.464 e. The maximum Gasteiger partial charge on any atom is 0.410 e. The van der Waals surface area contributed by atoms with Crippen LogP contribution in [0.4, 0.5) is 4.79 Å². The third-order valence-corrected chi connectivity index (χ3v) is 11.7. The number of carbonyl (C=O) groups is 3. The number of thioether (sulfide) groups is 1. The number of nitrogens with one attached hydrogen (secondary N) is 2. The molecule has 6 heterocycles. The molecule has 5 atom stereocenters. The van der Waals surface area contributed by atoms with Gasteiger partial charge in [-0.15, -0.1) is 11.8 Å². The molecule has 4 aliphatic rings. The fourth-order valence-corrected chi connectivity index (χ4v) is 8.86. The zero-order valence-corrected chi connectivity index (χ0v) is 32.4. The number of fused-ring (bicyclic) bond motifs is 5. The second-order valence-electron chi connectivity index (χ2n) is 15.3. The SMILES string of the molecule is CCn1c(-c2cccnc2[C@H](C)OC)c2c3cc(ccc31)C1CSC(=N1)C[C@H](NC(=O)OC1(O)CCOC1)C(=O)N1CCC[C@H](N1)C(=O)OCC(C)(C)C2. The lowest BCUT2D eigenvalue weighted by atomic mass is 9.84. The molecule has 2 unspecified atom stereocenters. The van der Waals surface area contributed by atoms with Gasteiger partial charge < -0.3 is 33.9 Å². The number of hydrazine groups is 1. The molecule has 6 bridgehead atoms. The quantitative estimate of drug-likeness (QED) is 0.233. The fourth-order valence-electron chi connectivity index (χ4n) is 7.76. The number of aromatic nitrogens is 2. The lowest BCUT2D eigenvalue weighted by molar-refractivity contribution is -0.161. The molecule has 14 nitrogen and oxygen atoms in total. The van der Waals surface area contributed by atoms with Crippen molar-refractivity contribution >= 4 is 45.7 Å². The summed E-state index contributed by atoms with van der Waals surface area (Å²) in [5, 5.41) is 16.5. The highest BCUT2D eigenvalue weighted by Crippen LogP contribution is 2.42. The molecule has 3 N–H and O–H groups in total. The molecule has 2 saturated heterocycles. The first kappa shape index (κ1) is 38.3. The highest BCUT2D eigenvalue weighted by Gasteiger charge is 2.40. The Morgan fingerprint density at radius 2 is 2.07 bits per heavy atom. The Labute approximate surface area is 319 Å². The zero-order valence-electron chi connectivity index (χ0n) is 31.6. The van der Waals surface area contributed by atoms with Crippen LogP contribution < -0.4 is 10.7 Å². The summed E-state index contributed by atoms with van der Waals surface area (Å²) in [5.41, 5.74) is 8.75. The molecule has 0 aliphatic carbocycles. The van der Waals surface area contributed by atoms with Gasteiger partial charge in [0.05, 0.1) is 41.8 Å². The van der Waals surface area contributed by atoms with Crippen LogP contribution in [0.5, 0.6) is 0 Å². The first-order valence-electron chi connectivity index (χ1n) is 18.7. The number of nitrogens with zero attached hydrogens (tertiary/aromatic N) is 4. The molecule has 2 amide bonds.